The maximum absolute atomic E-state index is 6.53. The minimum Gasteiger partial charge on any atom is -0.455 e. The number of hydrogen-bond acceptors (Lipinski definition) is 5. The molecule has 0 N–H and O–H groups in total. The predicted molar refractivity (Wildman–Crippen MR) is 227 cm³/mol. The summed E-state index contributed by atoms with van der Waals surface area (Å²) in [4.78, 5) is 15.8. The smallest absolute Gasteiger partial charge is 0.167 e. The van der Waals surface area contributed by atoms with Crippen LogP contribution in [0.25, 0.3) is 111 Å². The lowest BCUT2D eigenvalue weighted by Crippen LogP contribution is -2.01. The van der Waals surface area contributed by atoms with Gasteiger partial charge in [0.1, 0.15) is 22.3 Å². The van der Waals surface area contributed by atoms with Crippen molar-refractivity contribution in [1.29, 1.82) is 0 Å². The van der Waals surface area contributed by atoms with E-state index >= 15 is 0 Å². The summed E-state index contributed by atoms with van der Waals surface area (Å²) in [7, 11) is 0. The van der Waals surface area contributed by atoms with E-state index in [1.54, 1.807) is 0 Å². The highest BCUT2D eigenvalue weighted by Gasteiger charge is 2.22. The molecule has 8 aromatic carbocycles. The van der Waals surface area contributed by atoms with Crippen LogP contribution in [-0.4, -0.2) is 15.0 Å². The molecule has 0 fully saturated rings. The fourth-order valence-corrected chi connectivity index (χ4v) is 7.84. The van der Waals surface area contributed by atoms with Crippen LogP contribution in [0.4, 0.5) is 0 Å². The lowest BCUT2D eigenvalue weighted by molar-refractivity contribution is 0.669. The summed E-state index contributed by atoms with van der Waals surface area (Å²) in [5.41, 5.74) is 12.2. The van der Waals surface area contributed by atoms with Crippen LogP contribution < -0.4 is 0 Å². The van der Waals surface area contributed by atoms with Gasteiger partial charge < -0.3 is 8.83 Å². The van der Waals surface area contributed by atoms with E-state index < -0.39 is 0 Å². The third-order valence-electron chi connectivity index (χ3n) is 10.6. The minimum absolute atomic E-state index is 0.514. The maximum atomic E-state index is 6.53. The largest absolute Gasteiger partial charge is 0.455 e. The van der Waals surface area contributed by atoms with E-state index in [0.29, 0.717) is 17.5 Å². The Morgan fingerprint density at radius 1 is 0.268 bits per heavy atom. The molecule has 0 unspecified atom stereocenters. The second-order valence-corrected chi connectivity index (χ2v) is 13.9. The fraction of sp³-hybridized carbons (Fsp3) is 0. The van der Waals surface area contributed by atoms with Gasteiger partial charge in [0, 0.05) is 27.1 Å². The predicted octanol–water partition coefficient (Wildman–Crippen LogP) is 13.7. The van der Waals surface area contributed by atoms with Crippen molar-refractivity contribution in [3.8, 4) is 67.5 Å². The van der Waals surface area contributed by atoms with Gasteiger partial charge in [0.2, 0.25) is 0 Å². The Labute approximate surface area is 322 Å². The number of furan rings is 2. The number of aromatic nitrogens is 3. The van der Waals surface area contributed by atoms with E-state index in [1.165, 1.54) is 5.56 Å². The maximum Gasteiger partial charge on any atom is 0.167 e. The van der Waals surface area contributed by atoms with Crippen LogP contribution in [0.3, 0.4) is 0 Å². The Balaban J connectivity index is 1.17. The number of nitrogens with zero attached hydrogens (tertiary/aromatic N) is 3. The van der Waals surface area contributed by atoms with Gasteiger partial charge in [-0.25, -0.2) is 15.0 Å². The van der Waals surface area contributed by atoms with E-state index in [4.69, 9.17) is 23.8 Å². The van der Waals surface area contributed by atoms with Gasteiger partial charge in [-0.3, -0.25) is 0 Å². The number of benzene rings is 8. The molecule has 3 heterocycles. The fourth-order valence-electron chi connectivity index (χ4n) is 7.84. The van der Waals surface area contributed by atoms with E-state index in [9.17, 15) is 0 Å². The number of para-hydroxylation sites is 4. The molecule has 0 bridgehead atoms. The Morgan fingerprint density at radius 3 is 1.23 bits per heavy atom. The first-order valence-corrected chi connectivity index (χ1v) is 18.7. The van der Waals surface area contributed by atoms with Crippen molar-refractivity contribution in [2.45, 2.75) is 0 Å². The molecule has 5 heteroatoms. The zero-order chi connectivity index (χ0) is 37.0. The molecule has 0 aliphatic heterocycles. The van der Waals surface area contributed by atoms with Crippen LogP contribution in [0.15, 0.2) is 197 Å². The van der Waals surface area contributed by atoms with Gasteiger partial charge in [0.25, 0.3) is 0 Å². The highest BCUT2D eigenvalue weighted by molar-refractivity contribution is 6.10. The third kappa shape index (κ3) is 5.37. The van der Waals surface area contributed by atoms with Crippen molar-refractivity contribution in [3.05, 3.63) is 188 Å². The molecular weight excluding hydrogens is 687 g/mol. The highest BCUT2D eigenvalue weighted by atomic mass is 16.3. The third-order valence-corrected chi connectivity index (χ3v) is 10.6. The molecule has 0 aliphatic carbocycles. The summed E-state index contributed by atoms with van der Waals surface area (Å²) in [5.74, 6) is 1.58. The standard InChI is InChI=1S/C51H31N3O2/c1-3-13-32(14-4-1)34-25-27-35(28-26-34)44-31-36(33-15-5-2-6-16-33)29-30-41(44)49-52-50(42-21-11-19-39-37-17-7-9-23-45(37)55-47(39)42)54-51(53-49)43-22-12-20-40-38-18-8-10-24-46(38)56-48(40)43/h1-31H. The van der Waals surface area contributed by atoms with Crippen LogP contribution in [0.2, 0.25) is 0 Å². The average molecular weight is 718 g/mol. The van der Waals surface area contributed by atoms with Gasteiger partial charge in [0.15, 0.2) is 17.5 Å². The molecule has 56 heavy (non-hydrogen) atoms. The lowest BCUT2D eigenvalue weighted by atomic mass is 9.93. The average Bonchev–Trinajstić information content (AvgIpc) is 3.86. The van der Waals surface area contributed by atoms with Crippen LogP contribution in [0, 0.1) is 0 Å². The molecular formula is C51H31N3O2. The SMILES string of the molecule is c1ccc(-c2ccc(-c3cc(-c4ccccc4)ccc3-c3nc(-c4cccc5c4oc4ccccc45)nc(-c4cccc5c4oc4ccccc45)n3)cc2)cc1. The van der Waals surface area contributed by atoms with Crippen molar-refractivity contribution in [1.82, 2.24) is 15.0 Å². The van der Waals surface area contributed by atoms with Gasteiger partial charge in [-0.05, 0) is 69.8 Å². The Hall–Kier alpha value is -7.63. The number of hydrogen-bond donors (Lipinski definition) is 0. The molecule has 0 spiro atoms. The first-order valence-electron chi connectivity index (χ1n) is 18.7. The molecule has 11 rings (SSSR count). The summed E-state index contributed by atoms with van der Waals surface area (Å²) in [5, 5.41) is 4.10. The summed E-state index contributed by atoms with van der Waals surface area (Å²) < 4.78 is 13.1. The molecule has 0 radical (unpaired) electrons. The second-order valence-electron chi connectivity index (χ2n) is 13.9. The summed E-state index contributed by atoms with van der Waals surface area (Å²) >= 11 is 0. The van der Waals surface area contributed by atoms with Crippen molar-refractivity contribution in [2.24, 2.45) is 0 Å². The van der Waals surface area contributed by atoms with Gasteiger partial charge in [0.05, 0.1) is 11.1 Å². The van der Waals surface area contributed by atoms with Gasteiger partial charge in [-0.2, -0.15) is 0 Å². The van der Waals surface area contributed by atoms with Crippen LogP contribution in [0.1, 0.15) is 0 Å². The van der Waals surface area contributed by atoms with E-state index in [1.807, 2.05) is 72.8 Å². The number of rotatable bonds is 6. The quantitative estimate of drug-likeness (QED) is 0.171. The second kappa shape index (κ2) is 13.0. The van der Waals surface area contributed by atoms with Crippen molar-refractivity contribution in [3.63, 3.8) is 0 Å². The van der Waals surface area contributed by atoms with E-state index in [-0.39, 0.29) is 0 Å². The topological polar surface area (TPSA) is 65.0 Å². The van der Waals surface area contributed by atoms with Crippen LogP contribution >= 0.6 is 0 Å². The first-order chi connectivity index (χ1) is 27.7. The lowest BCUT2D eigenvalue weighted by Gasteiger charge is -2.15. The van der Waals surface area contributed by atoms with Crippen molar-refractivity contribution in [2.75, 3.05) is 0 Å². The Kier molecular flexibility index (Phi) is 7.42. The van der Waals surface area contributed by atoms with Gasteiger partial charge >= 0.3 is 0 Å². The van der Waals surface area contributed by atoms with Crippen LogP contribution in [0.5, 0.6) is 0 Å². The van der Waals surface area contributed by atoms with Crippen LogP contribution in [-0.2, 0) is 0 Å². The zero-order valence-corrected chi connectivity index (χ0v) is 30.1. The molecule has 0 saturated heterocycles. The Morgan fingerprint density at radius 2 is 0.679 bits per heavy atom. The van der Waals surface area contributed by atoms with Gasteiger partial charge in [-0.15, -0.1) is 0 Å². The molecule has 11 aromatic rings. The summed E-state index contributed by atoms with van der Waals surface area (Å²) in [6.45, 7) is 0. The molecule has 0 saturated carbocycles. The molecule has 0 atom stereocenters. The van der Waals surface area contributed by atoms with E-state index in [0.717, 1.165) is 88.4 Å². The zero-order valence-electron chi connectivity index (χ0n) is 30.1. The molecule has 5 nitrogen and oxygen atoms in total. The van der Waals surface area contributed by atoms with E-state index in [2.05, 4.69) is 115 Å². The highest BCUT2D eigenvalue weighted by Crippen LogP contribution is 2.41. The van der Waals surface area contributed by atoms with Crippen molar-refractivity contribution < 1.29 is 8.83 Å². The van der Waals surface area contributed by atoms with Gasteiger partial charge in [-0.1, -0.05) is 152 Å². The van der Waals surface area contributed by atoms with Crippen molar-refractivity contribution >= 4 is 43.9 Å². The molecule has 3 aromatic heterocycles. The first kappa shape index (κ1) is 31.9. The molecule has 0 amide bonds. The Bertz CT molecular complexity index is 3110. The summed E-state index contributed by atoms with van der Waals surface area (Å²) in [6, 6.07) is 64.7. The minimum atomic E-state index is 0.514. The monoisotopic (exact) mass is 717 g/mol. The molecule has 262 valence electrons. The summed E-state index contributed by atoms with van der Waals surface area (Å²) in [6.07, 6.45) is 0. The number of fused-ring (bicyclic) bond motifs is 6. The normalized spacial score (nSPS) is 11.6. The molecule has 0 aliphatic rings.